The van der Waals surface area contributed by atoms with Crippen molar-refractivity contribution in [1.29, 1.82) is 0 Å². The van der Waals surface area contributed by atoms with E-state index in [0.29, 0.717) is 26.9 Å². The van der Waals surface area contributed by atoms with E-state index in [1.807, 2.05) is 0 Å². The van der Waals surface area contributed by atoms with Crippen LogP contribution in [0.2, 0.25) is 10.0 Å². The summed E-state index contributed by atoms with van der Waals surface area (Å²) in [6.45, 7) is 0. The lowest BCUT2D eigenvalue weighted by atomic mass is 10.2. The Bertz CT molecular complexity index is 543. The first-order valence-corrected chi connectivity index (χ1v) is 5.55. The predicted octanol–water partition coefficient (Wildman–Crippen LogP) is 1.82. The van der Waals surface area contributed by atoms with Crippen molar-refractivity contribution >= 4 is 40.2 Å². The maximum Gasteiger partial charge on any atom is 0.320 e. The number of imidazole rings is 1. The zero-order valence-corrected chi connectivity index (χ0v) is 10.1. The summed E-state index contributed by atoms with van der Waals surface area (Å²) in [5.41, 5.74) is 6.75. The largest absolute Gasteiger partial charge is 0.480 e. The van der Waals surface area contributed by atoms with E-state index in [-0.39, 0.29) is 6.42 Å². The third-order valence-corrected chi connectivity index (χ3v) is 3.03. The van der Waals surface area contributed by atoms with Gasteiger partial charge in [-0.05, 0) is 12.1 Å². The molecule has 0 aliphatic carbocycles. The van der Waals surface area contributed by atoms with Gasteiger partial charge < -0.3 is 15.8 Å². The highest BCUT2D eigenvalue weighted by molar-refractivity contribution is 6.42. The van der Waals surface area contributed by atoms with Gasteiger partial charge in [0.2, 0.25) is 0 Å². The number of nitrogens with zero attached hydrogens (tertiary/aromatic N) is 1. The number of carboxylic acids is 1. The van der Waals surface area contributed by atoms with Gasteiger partial charge in [-0.1, -0.05) is 23.2 Å². The van der Waals surface area contributed by atoms with Gasteiger partial charge in [0.15, 0.2) is 0 Å². The number of hydrogen-bond donors (Lipinski definition) is 3. The number of fused-ring (bicyclic) bond motifs is 1. The zero-order valence-electron chi connectivity index (χ0n) is 8.58. The molecule has 1 atom stereocenters. The van der Waals surface area contributed by atoms with Gasteiger partial charge in [0.25, 0.3) is 0 Å². The lowest BCUT2D eigenvalue weighted by molar-refractivity contribution is -0.138. The Hall–Kier alpha value is -1.30. The molecule has 0 aliphatic heterocycles. The minimum Gasteiger partial charge on any atom is -0.480 e. The van der Waals surface area contributed by atoms with Crippen molar-refractivity contribution in [2.45, 2.75) is 12.5 Å². The molecule has 0 amide bonds. The van der Waals surface area contributed by atoms with Crippen LogP contribution in [-0.4, -0.2) is 27.1 Å². The van der Waals surface area contributed by atoms with Crippen molar-refractivity contribution in [2.24, 2.45) is 5.73 Å². The van der Waals surface area contributed by atoms with Crippen LogP contribution in [-0.2, 0) is 11.2 Å². The Morgan fingerprint density at radius 3 is 2.76 bits per heavy atom. The van der Waals surface area contributed by atoms with Crippen molar-refractivity contribution in [3.63, 3.8) is 0 Å². The summed E-state index contributed by atoms with van der Waals surface area (Å²) in [5.74, 6) is -0.574. The molecule has 7 heteroatoms. The molecule has 0 saturated carbocycles. The quantitative estimate of drug-likeness (QED) is 0.796. The van der Waals surface area contributed by atoms with Gasteiger partial charge in [-0.25, -0.2) is 4.98 Å². The third-order valence-electron chi connectivity index (χ3n) is 2.30. The van der Waals surface area contributed by atoms with Gasteiger partial charge in [-0.3, -0.25) is 4.79 Å². The van der Waals surface area contributed by atoms with E-state index in [1.54, 1.807) is 12.1 Å². The van der Waals surface area contributed by atoms with Gasteiger partial charge in [0.05, 0.1) is 21.1 Å². The van der Waals surface area contributed by atoms with Crippen molar-refractivity contribution in [1.82, 2.24) is 9.97 Å². The maximum absolute atomic E-state index is 10.6. The Kier molecular flexibility index (Phi) is 3.24. The number of aromatic nitrogens is 2. The Morgan fingerprint density at radius 2 is 2.12 bits per heavy atom. The molecule has 2 aromatic rings. The zero-order chi connectivity index (χ0) is 12.6. The summed E-state index contributed by atoms with van der Waals surface area (Å²) in [5, 5.41) is 9.51. The van der Waals surface area contributed by atoms with Crippen LogP contribution in [0.15, 0.2) is 12.1 Å². The highest BCUT2D eigenvalue weighted by Crippen LogP contribution is 2.26. The first kappa shape index (κ1) is 12.2. The average molecular weight is 274 g/mol. The number of benzene rings is 1. The van der Waals surface area contributed by atoms with E-state index in [9.17, 15) is 4.79 Å². The Morgan fingerprint density at radius 1 is 1.47 bits per heavy atom. The van der Waals surface area contributed by atoms with Crippen LogP contribution in [0.1, 0.15) is 5.82 Å². The SMILES string of the molecule is N[C@@H](Cc1nc2cc(Cl)c(Cl)cc2[nH]1)C(=O)O. The fraction of sp³-hybridized carbons (Fsp3) is 0.200. The molecule has 0 aliphatic rings. The fourth-order valence-corrected chi connectivity index (χ4v) is 1.77. The summed E-state index contributed by atoms with van der Waals surface area (Å²) >= 11 is 11.7. The molecule has 1 heterocycles. The number of nitrogens with two attached hydrogens (primary N) is 1. The van der Waals surface area contributed by atoms with E-state index < -0.39 is 12.0 Å². The number of carboxylic acid groups (broad SMARTS) is 1. The minimum atomic E-state index is -1.07. The lowest BCUT2D eigenvalue weighted by Gasteiger charge is -2.01. The van der Waals surface area contributed by atoms with Gasteiger partial charge >= 0.3 is 5.97 Å². The van der Waals surface area contributed by atoms with E-state index in [0.717, 1.165) is 0 Å². The van der Waals surface area contributed by atoms with E-state index in [2.05, 4.69) is 9.97 Å². The van der Waals surface area contributed by atoms with Crippen LogP contribution in [0.3, 0.4) is 0 Å². The first-order valence-electron chi connectivity index (χ1n) is 4.79. The van der Waals surface area contributed by atoms with Crippen molar-refractivity contribution < 1.29 is 9.90 Å². The summed E-state index contributed by atoms with van der Waals surface area (Å²) in [7, 11) is 0. The van der Waals surface area contributed by atoms with Gasteiger partial charge in [-0.2, -0.15) is 0 Å². The molecule has 0 fully saturated rings. The maximum atomic E-state index is 10.6. The second-order valence-electron chi connectivity index (χ2n) is 3.62. The monoisotopic (exact) mass is 273 g/mol. The van der Waals surface area contributed by atoms with Gasteiger partial charge in [0, 0.05) is 6.42 Å². The minimum absolute atomic E-state index is 0.124. The summed E-state index contributed by atoms with van der Waals surface area (Å²) in [4.78, 5) is 17.8. The molecule has 0 radical (unpaired) electrons. The van der Waals surface area contributed by atoms with Crippen LogP contribution in [0, 0.1) is 0 Å². The molecule has 1 aromatic carbocycles. The van der Waals surface area contributed by atoms with Gasteiger partial charge in [0.1, 0.15) is 11.9 Å². The molecule has 5 nitrogen and oxygen atoms in total. The molecule has 1 aromatic heterocycles. The summed E-state index contributed by atoms with van der Waals surface area (Å²) < 4.78 is 0. The van der Waals surface area contributed by atoms with E-state index >= 15 is 0 Å². The molecular formula is C10H9Cl2N3O2. The van der Waals surface area contributed by atoms with Crippen LogP contribution < -0.4 is 5.73 Å². The van der Waals surface area contributed by atoms with Gasteiger partial charge in [-0.15, -0.1) is 0 Å². The summed E-state index contributed by atoms with van der Waals surface area (Å²) in [6, 6.07) is 2.27. The number of nitrogens with one attached hydrogen (secondary N) is 1. The smallest absolute Gasteiger partial charge is 0.320 e. The Labute approximate surface area is 107 Å². The highest BCUT2D eigenvalue weighted by atomic mass is 35.5. The molecule has 4 N–H and O–H groups in total. The fourth-order valence-electron chi connectivity index (χ4n) is 1.45. The second-order valence-corrected chi connectivity index (χ2v) is 4.43. The number of carbonyl (C=O) groups is 1. The number of halogens is 2. The molecule has 0 saturated heterocycles. The third kappa shape index (κ3) is 2.52. The molecule has 17 heavy (non-hydrogen) atoms. The number of hydrogen-bond acceptors (Lipinski definition) is 3. The average Bonchev–Trinajstić information content (AvgIpc) is 2.60. The molecule has 0 bridgehead atoms. The standard InChI is InChI=1S/C10H9Cl2N3O2/c11-4-1-7-8(2-5(4)12)15-9(14-7)3-6(13)10(16)17/h1-2,6H,3,13H2,(H,14,15)(H,16,17)/t6-/m0/s1. The van der Waals surface area contributed by atoms with Crippen molar-refractivity contribution in [3.8, 4) is 0 Å². The van der Waals surface area contributed by atoms with Crippen LogP contribution in [0.25, 0.3) is 11.0 Å². The highest BCUT2D eigenvalue weighted by Gasteiger charge is 2.15. The number of H-pyrrole nitrogens is 1. The molecule has 90 valence electrons. The molecule has 0 unspecified atom stereocenters. The first-order chi connectivity index (χ1) is 7.97. The van der Waals surface area contributed by atoms with Crippen LogP contribution in [0.4, 0.5) is 0 Å². The van der Waals surface area contributed by atoms with E-state index in [4.69, 9.17) is 34.0 Å². The predicted molar refractivity (Wildman–Crippen MR) is 65.4 cm³/mol. The number of rotatable bonds is 3. The Balaban J connectivity index is 2.35. The van der Waals surface area contributed by atoms with Crippen molar-refractivity contribution in [2.75, 3.05) is 0 Å². The molecular weight excluding hydrogens is 265 g/mol. The normalized spacial score (nSPS) is 12.9. The second kappa shape index (κ2) is 4.52. The number of aliphatic carboxylic acids is 1. The lowest BCUT2D eigenvalue weighted by Crippen LogP contribution is -2.32. The topological polar surface area (TPSA) is 92.0 Å². The van der Waals surface area contributed by atoms with E-state index in [1.165, 1.54) is 0 Å². The molecule has 0 spiro atoms. The molecule has 2 rings (SSSR count). The number of aromatic amines is 1. The van der Waals surface area contributed by atoms with Crippen molar-refractivity contribution in [3.05, 3.63) is 28.0 Å². The van der Waals surface area contributed by atoms with Crippen LogP contribution in [0.5, 0.6) is 0 Å². The summed E-state index contributed by atoms with van der Waals surface area (Å²) in [6.07, 6.45) is 0.124. The van der Waals surface area contributed by atoms with Crippen LogP contribution >= 0.6 is 23.2 Å².